The third-order valence-electron chi connectivity index (χ3n) is 4.38. The first-order valence-corrected chi connectivity index (χ1v) is 10.2. The van der Waals surface area contributed by atoms with Crippen LogP contribution in [0.5, 0.6) is 5.75 Å². The molecule has 0 saturated heterocycles. The van der Waals surface area contributed by atoms with Crippen LogP contribution < -0.4 is 10.1 Å². The van der Waals surface area contributed by atoms with Gasteiger partial charge in [0.1, 0.15) is 11.3 Å². The molecule has 0 fully saturated rings. The molecule has 1 N–H and O–H groups in total. The monoisotopic (exact) mass is 498 g/mol. The molecule has 0 aliphatic heterocycles. The fraction of sp³-hybridized carbons (Fsp3) is 0.130. The highest BCUT2D eigenvalue weighted by Crippen LogP contribution is 2.28. The molecule has 4 rings (SSSR count). The highest BCUT2D eigenvalue weighted by molar-refractivity contribution is 14.1. The predicted molar refractivity (Wildman–Crippen MR) is 122 cm³/mol. The second-order valence-electron chi connectivity index (χ2n) is 7.09. The summed E-state index contributed by atoms with van der Waals surface area (Å²) in [6.07, 6.45) is 0. The summed E-state index contributed by atoms with van der Waals surface area (Å²) in [5.74, 6) is 0.943. The van der Waals surface area contributed by atoms with Crippen LogP contribution >= 0.6 is 22.6 Å². The lowest BCUT2D eigenvalue weighted by Gasteiger charge is -2.25. The largest absolute Gasteiger partial charge is 0.478 e. The van der Waals surface area contributed by atoms with Gasteiger partial charge in [0.25, 0.3) is 5.91 Å². The van der Waals surface area contributed by atoms with Gasteiger partial charge in [0, 0.05) is 14.8 Å². The van der Waals surface area contributed by atoms with Gasteiger partial charge in [0.05, 0.1) is 0 Å². The van der Waals surface area contributed by atoms with E-state index in [1.54, 1.807) is 32.0 Å². The smallest absolute Gasteiger partial charge is 0.267 e. The van der Waals surface area contributed by atoms with Gasteiger partial charge in [-0.2, -0.15) is 0 Å². The lowest BCUT2D eigenvalue weighted by molar-refractivity contribution is -0.128. The Labute approximate surface area is 182 Å². The van der Waals surface area contributed by atoms with E-state index in [1.165, 1.54) is 0 Å². The van der Waals surface area contributed by atoms with Crippen LogP contribution in [0, 0.1) is 3.57 Å². The van der Waals surface area contributed by atoms with Gasteiger partial charge in [-0.3, -0.25) is 4.79 Å². The van der Waals surface area contributed by atoms with Gasteiger partial charge in [-0.15, -0.1) is 0 Å². The number of hydrogen-bond donors (Lipinski definition) is 1. The van der Waals surface area contributed by atoms with Crippen LogP contribution in [0.1, 0.15) is 13.8 Å². The highest BCUT2D eigenvalue weighted by Gasteiger charge is 2.30. The number of nitrogens with one attached hydrogen (secondary N) is 1. The van der Waals surface area contributed by atoms with Gasteiger partial charge in [0.15, 0.2) is 11.2 Å². The Hall–Kier alpha value is -2.87. The fourth-order valence-electron chi connectivity index (χ4n) is 2.86. The quantitative estimate of drug-likeness (QED) is 0.349. The molecule has 0 aliphatic rings. The van der Waals surface area contributed by atoms with Crippen molar-refractivity contribution in [2.24, 2.45) is 0 Å². The zero-order valence-electron chi connectivity index (χ0n) is 16.0. The topological polar surface area (TPSA) is 64.4 Å². The summed E-state index contributed by atoms with van der Waals surface area (Å²) in [7, 11) is 0. The first-order chi connectivity index (χ1) is 13.9. The van der Waals surface area contributed by atoms with E-state index in [0.717, 1.165) is 9.13 Å². The maximum Gasteiger partial charge on any atom is 0.267 e. The first kappa shape index (κ1) is 19.4. The predicted octanol–water partition coefficient (Wildman–Crippen LogP) is 5.90. The maximum absolute atomic E-state index is 12.8. The Morgan fingerprint density at radius 1 is 1.03 bits per heavy atom. The van der Waals surface area contributed by atoms with Crippen molar-refractivity contribution in [3.8, 4) is 17.2 Å². The van der Waals surface area contributed by atoms with Crippen LogP contribution in [0.3, 0.4) is 0 Å². The van der Waals surface area contributed by atoms with Crippen molar-refractivity contribution in [2.75, 3.05) is 5.32 Å². The zero-order valence-corrected chi connectivity index (χ0v) is 18.1. The molecule has 0 unspecified atom stereocenters. The van der Waals surface area contributed by atoms with E-state index in [1.807, 2.05) is 54.6 Å². The van der Waals surface area contributed by atoms with Crippen molar-refractivity contribution in [3.05, 3.63) is 76.4 Å². The minimum atomic E-state index is -1.04. The lowest BCUT2D eigenvalue weighted by atomic mass is 10.1. The average Bonchev–Trinajstić information content (AvgIpc) is 3.12. The van der Waals surface area contributed by atoms with Gasteiger partial charge >= 0.3 is 0 Å². The molecule has 1 aromatic heterocycles. The Balaban J connectivity index is 1.54. The van der Waals surface area contributed by atoms with Gasteiger partial charge in [-0.05, 0) is 85.0 Å². The molecule has 4 aromatic rings. The van der Waals surface area contributed by atoms with Crippen molar-refractivity contribution in [1.82, 2.24) is 4.98 Å². The molecule has 0 atom stereocenters. The molecular formula is C23H19IN2O3. The summed E-state index contributed by atoms with van der Waals surface area (Å²) in [5, 5.41) is 2.91. The summed E-state index contributed by atoms with van der Waals surface area (Å²) in [6, 6.07) is 22.6. The van der Waals surface area contributed by atoms with Crippen LogP contribution in [0.15, 0.2) is 77.2 Å². The van der Waals surface area contributed by atoms with Crippen LogP contribution in [-0.4, -0.2) is 16.5 Å². The molecule has 1 heterocycles. The summed E-state index contributed by atoms with van der Waals surface area (Å²) in [4.78, 5) is 17.3. The summed E-state index contributed by atoms with van der Waals surface area (Å²) in [6.45, 7) is 3.47. The minimum absolute atomic E-state index is 0.248. The molecule has 1 amide bonds. The van der Waals surface area contributed by atoms with Gasteiger partial charge in [-0.1, -0.05) is 24.3 Å². The Morgan fingerprint density at radius 2 is 1.83 bits per heavy atom. The maximum atomic E-state index is 12.8. The SMILES string of the molecule is CC(C)(Oc1ccccc1)C(=O)Nc1ccc2oc(-c3cccc(I)c3)nc2c1. The van der Waals surface area contributed by atoms with Crippen molar-refractivity contribution < 1.29 is 13.9 Å². The van der Waals surface area contributed by atoms with Crippen LogP contribution in [-0.2, 0) is 4.79 Å². The lowest BCUT2D eigenvalue weighted by Crippen LogP contribution is -2.42. The number of hydrogen-bond acceptors (Lipinski definition) is 4. The molecule has 5 nitrogen and oxygen atoms in total. The van der Waals surface area contributed by atoms with E-state index < -0.39 is 5.60 Å². The van der Waals surface area contributed by atoms with Gasteiger partial charge < -0.3 is 14.5 Å². The second-order valence-corrected chi connectivity index (χ2v) is 8.34. The summed E-state index contributed by atoms with van der Waals surface area (Å²) < 4.78 is 12.8. The third kappa shape index (κ3) is 4.42. The number of anilines is 1. The number of carbonyl (C=O) groups is 1. The Kier molecular flexibility index (Phi) is 5.27. The Bertz CT molecular complexity index is 1170. The number of oxazole rings is 1. The first-order valence-electron chi connectivity index (χ1n) is 9.13. The van der Waals surface area contributed by atoms with Crippen molar-refractivity contribution in [2.45, 2.75) is 19.4 Å². The van der Waals surface area contributed by atoms with Crippen molar-refractivity contribution >= 4 is 45.3 Å². The number of rotatable bonds is 5. The molecule has 29 heavy (non-hydrogen) atoms. The van der Waals surface area contributed by atoms with Gasteiger partial charge in [0.2, 0.25) is 5.89 Å². The minimum Gasteiger partial charge on any atom is -0.478 e. The molecule has 3 aromatic carbocycles. The van der Waals surface area contributed by atoms with Crippen LogP contribution in [0.2, 0.25) is 0 Å². The number of nitrogens with zero attached hydrogens (tertiary/aromatic N) is 1. The second kappa shape index (κ2) is 7.87. The standard InChI is InChI=1S/C23H19IN2O3/c1-23(2,29-18-9-4-3-5-10-18)22(27)25-17-11-12-20-19(14-17)26-21(28-20)15-7-6-8-16(24)13-15/h3-14H,1-2H3,(H,25,27). The number of ether oxygens (including phenoxy) is 1. The van der Waals surface area contributed by atoms with Gasteiger partial charge in [-0.25, -0.2) is 4.98 Å². The molecule has 0 radical (unpaired) electrons. The molecule has 146 valence electrons. The number of aromatic nitrogens is 1. The van der Waals surface area contributed by atoms with E-state index in [9.17, 15) is 4.79 Å². The van der Waals surface area contributed by atoms with E-state index >= 15 is 0 Å². The number of benzene rings is 3. The molecule has 0 spiro atoms. The third-order valence-corrected chi connectivity index (χ3v) is 5.05. The summed E-state index contributed by atoms with van der Waals surface area (Å²) >= 11 is 2.26. The number of para-hydroxylation sites is 1. The molecule has 0 bridgehead atoms. The average molecular weight is 498 g/mol. The van der Waals surface area contributed by atoms with E-state index in [4.69, 9.17) is 9.15 Å². The molecule has 0 aliphatic carbocycles. The normalized spacial score (nSPS) is 11.4. The van der Waals surface area contributed by atoms with E-state index in [0.29, 0.717) is 28.4 Å². The number of halogens is 1. The number of fused-ring (bicyclic) bond motifs is 1. The zero-order chi connectivity index (χ0) is 20.4. The van der Waals surface area contributed by atoms with E-state index in [-0.39, 0.29) is 5.91 Å². The van der Waals surface area contributed by atoms with Crippen molar-refractivity contribution in [1.29, 1.82) is 0 Å². The Morgan fingerprint density at radius 3 is 2.59 bits per heavy atom. The molecule has 0 saturated carbocycles. The molecular weight excluding hydrogens is 479 g/mol. The summed E-state index contributed by atoms with van der Waals surface area (Å²) in [5.41, 5.74) is 1.85. The van der Waals surface area contributed by atoms with Crippen LogP contribution in [0.25, 0.3) is 22.6 Å². The van der Waals surface area contributed by atoms with Crippen molar-refractivity contribution in [3.63, 3.8) is 0 Å². The number of amides is 1. The van der Waals surface area contributed by atoms with E-state index in [2.05, 4.69) is 32.9 Å². The van der Waals surface area contributed by atoms with Crippen LogP contribution in [0.4, 0.5) is 5.69 Å². The fourth-order valence-corrected chi connectivity index (χ4v) is 3.40. The highest BCUT2D eigenvalue weighted by atomic mass is 127. The molecule has 6 heteroatoms. The number of carbonyl (C=O) groups excluding carboxylic acids is 1.